The lowest BCUT2D eigenvalue weighted by molar-refractivity contribution is 0.267. The molecule has 0 aliphatic carbocycles. The smallest absolute Gasteiger partial charge is 0.233 e. The van der Waals surface area contributed by atoms with Crippen LogP contribution in [-0.4, -0.2) is 10.1 Å². The van der Waals surface area contributed by atoms with Gasteiger partial charge in [-0.25, -0.2) is 4.98 Å². The van der Waals surface area contributed by atoms with E-state index in [-0.39, 0.29) is 13.2 Å². The molecule has 4 nitrogen and oxygen atoms in total. The lowest BCUT2D eigenvalue weighted by atomic mass is 10.2. The summed E-state index contributed by atoms with van der Waals surface area (Å²) in [4.78, 5) is 4.33. The van der Waals surface area contributed by atoms with E-state index in [9.17, 15) is 0 Å². The van der Waals surface area contributed by atoms with Crippen molar-refractivity contribution in [3.63, 3.8) is 0 Å². The first kappa shape index (κ1) is 11.7. The van der Waals surface area contributed by atoms with Gasteiger partial charge in [-0.3, -0.25) is 0 Å². The van der Waals surface area contributed by atoms with Gasteiger partial charge >= 0.3 is 0 Å². The minimum atomic E-state index is -0.00745. The van der Waals surface area contributed by atoms with E-state index in [0.29, 0.717) is 11.5 Å². The summed E-state index contributed by atoms with van der Waals surface area (Å²) in [6.45, 7) is 0.277. The number of rotatable bonds is 4. The number of aliphatic hydroxyl groups is 1. The van der Waals surface area contributed by atoms with E-state index >= 15 is 0 Å². The summed E-state index contributed by atoms with van der Waals surface area (Å²) in [6, 6.07) is 15.0. The molecule has 0 spiro atoms. The molecule has 19 heavy (non-hydrogen) atoms. The molecule has 2 aromatic carbocycles. The maximum absolute atomic E-state index is 9.07. The summed E-state index contributed by atoms with van der Waals surface area (Å²) in [5.41, 5.74) is 2.24. The van der Waals surface area contributed by atoms with Crippen LogP contribution in [0.2, 0.25) is 0 Å². The number of hydrogen-bond donors (Lipinski definition) is 1. The highest BCUT2D eigenvalue weighted by Gasteiger charge is 2.07. The second kappa shape index (κ2) is 5.12. The Bertz CT molecular complexity index is 676. The molecule has 3 rings (SSSR count). The molecule has 0 amide bonds. The van der Waals surface area contributed by atoms with Gasteiger partial charge in [0, 0.05) is 0 Å². The molecule has 0 aliphatic rings. The predicted molar refractivity (Wildman–Crippen MR) is 70.7 cm³/mol. The molecule has 3 aromatic rings. The number of ether oxygens (including phenoxy) is 1. The van der Waals surface area contributed by atoms with Crippen LogP contribution in [0.25, 0.3) is 11.1 Å². The van der Waals surface area contributed by atoms with Crippen molar-refractivity contribution in [3.8, 4) is 5.75 Å². The molecule has 4 heteroatoms. The fraction of sp³-hybridized carbons (Fsp3) is 0.133. The van der Waals surface area contributed by atoms with Gasteiger partial charge in [0.25, 0.3) is 0 Å². The average Bonchev–Trinajstić information content (AvgIpc) is 2.88. The number of nitrogens with zero attached hydrogens (tertiary/aromatic N) is 1. The van der Waals surface area contributed by atoms with E-state index < -0.39 is 0 Å². The molecule has 0 fully saturated rings. The zero-order valence-electron chi connectivity index (χ0n) is 10.2. The van der Waals surface area contributed by atoms with E-state index in [4.69, 9.17) is 14.3 Å². The Labute approximate surface area is 110 Å². The summed E-state index contributed by atoms with van der Waals surface area (Å²) in [5, 5.41) is 9.07. The summed E-state index contributed by atoms with van der Waals surface area (Å²) in [7, 11) is 0. The van der Waals surface area contributed by atoms with E-state index in [1.165, 1.54) is 0 Å². The molecule has 0 saturated carbocycles. The second-order valence-corrected chi connectivity index (χ2v) is 4.17. The van der Waals surface area contributed by atoms with Crippen molar-refractivity contribution in [1.29, 1.82) is 0 Å². The first-order valence-electron chi connectivity index (χ1n) is 6.02. The monoisotopic (exact) mass is 255 g/mol. The quantitative estimate of drug-likeness (QED) is 0.778. The molecule has 1 heterocycles. The van der Waals surface area contributed by atoms with Crippen molar-refractivity contribution in [2.75, 3.05) is 0 Å². The third-order valence-electron chi connectivity index (χ3n) is 2.79. The molecule has 0 unspecified atom stereocenters. The minimum Gasteiger partial charge on any atom is -0.484 e. The molecule has 0 aliphatic heterocycles. The Morgan fingerprint density at radius 1 is 1.11 bits per heavy atom. The van der Waals surface area contributed by atoms with Crippen LogP contribution in [0.3, 0.4) is 0 Å². The number of oxazole rings is 1. The van der Waals surface area contributed by atoms with Gasteiger partial charge in [0.05, 0.1) is 6.61 Å². The summed E-state index contributed by atoms with van der Waals surface area (Å²) >= 11 is 0. The van der Waals surface area contributed by atoms with Crippen LogP contribution in [0.4, 0.5) is 0 Å². The Balaban J connectivity index is 1.78. The predicted octanol–water partition coefficient (Wildman–Crippen LogP) is 2.90. The van der Waals surface area contributed by atoms with Crippen LogP contribution in [0.15, 0.2) is 52.9 Å². The Hall–Kier alpha value is -2.33. The summed E-state index contributed by atoms with van der Waals surface area (Å²) in [6.07, 6.45) is 0. The third-order valence-corrected chi connectivity index (χ3v) is 2.79. The van der Waals surface area contributed by atoms with Crippen LogP contribution in [0, 0.1) is 0 Å². The average molecular weight is 255 g/mol. The van der Waals surface area contributed by atoms with Gasteiger partial charge in [0.15, 0.2) is 12.2 Å². The molecule has 0 bridgehead atoms. The van der Waals surface area contributed by atoms with Gasteiger partial charge in [0.2, 0.25) is 5.89 Å². The SMILES string of the molecule is OCc1ccc2nc(COc3ccccc3)oc2c1. The van der Waals surface area contributed by atoms with Crippen LogP contribution < -0.4 is 4.74 Å². The van der Waals surface area contributed by atoms with E-state index in [1.807, 2.05) is 42.5 Å². The normalized spacial score (nSPS) is 10.8. The fourth-order valence-corrected chi connectivity index (χ4v) is 1.84. The first-order valence-corrected chi connectivity index (χ1v) is 6.02. The standard InChI is InChI=1S/C15H13NO3/c17-9-11-6-7-13-14(8-11)19-15(16-13)10-18-12-4-2-1-3-5-12/h1-8,17H,9-10H2. The highest BCUT2D eigenvalue weighted by Crippen LogP contribution is 2.19. The highest BCUT2D eigenvalue weighted by molar-refractivity contribution is 5.73. The molecular formula is C15H13NO3. The Kier molecular flexibility index (Phi) is 3.16. The van der Waals surface area contributed by atoms with Crippen molar-refractivity contribution < 1.29 is 14.3 Å². The van der Waals surface area contributed by atoms with Crippen LogP contribution >= 0.6 is 0 Å². The van der Waals surface area contributed by atoms with Crippen molar-refractivity contribution in [2.24, 2.45) is 0 Å². The summed E-state index contributed by atoms with van der Waals surface area (Å²) in [5.74, 6) is 1.30. The zero-order chi connectivity index (χ0) is 13.1. The van der Waals surface area contributed by atoms with Crippen LogP contribution in [0.1, 0.15) is 11.5 Å². The third kappa shape index (κ3) is 2.58. The lowest BCUT2D eigenvalue weighted by Crippen LogP contribution is -1.94. The Morgan fingerprint density at radius 2 is 1.95 bits per heavy atom. The lowest BCUT2D eigenvalue weighted by Gasteiger charge is -2.01. The zero-order valence-corrected chi connectivity index (χ0v) is 10.2. The topological polar surface area (TPSA) is 55.5 Å². The molecule has 0 radical (unpaired) electrons. The molecule has 1 aromatic heterocycles. The second-order valence-electron chi connectivity index (χ2n) is 4.17. The molecule has 96 valence electrons. The highest BCUT2D eigenvalue weighted by atomic mass is 16.5. The number of hydrogen-bond acceptors (Lipinski definition) is 4. The van der Waals surface area contributed by atoms with E-state index in [2.05, 4.69) is 4.98 Å². The fourth-order valence-electron chi connectivity index (χ4n) is 1.84. The van der Waals surface area contributed by atoms with Gasteiger partial charge in [-0.2, -0.15) is 0 Å². The number of aliphatic hydroxyl groups excluding tert-OH is 1. The van der Waals surface area contributed by atoms with Gasteiger partial charge in [0.1, 0.15) is 11.3 Å². The number of fused-ring (bicyclic) bond motifs is 1. The van der Waals surface area contributed by atoms with Crippen LogP contribution in [0.5, 0.6) is 5.75 Å². The van der Waals surface area contributed by atoms with Crippen molar-refractivity contribution in [1.82, 2.24) is 4.98 Å². The summed E-state index contributed by atoms with van der Waals surface area (Å²) < 4.78 is 11.2. The van der Waals surface area contributed by atoms with E-state index in [1.54, 1.807) is 6.07 Å². The largest absolute Gasteiger partial charge is 0.484 e. The van der Waals surface area contributed by atoms with E-state index in [0.717, 1.165) is 16.8 Å². The van der Waals surface area contributed by atoms with Gasteiger partial charge < -0.3 is 14.3 Å². The molecule has 1 N–H and O–H groups in total. The maximum Gasteiger partial charge on any atom is 0.233 e. The number of benzene rings is 2. The van der Waals surface area contributed by atoms with Crippen LogP contribution in [-0.2, 0) is 13.2 Å². The Morgan fingerprint density at radius 3 is 2.74 bits per heavy atom. The van der Waals surface area contributed by atoms with Crippen molar-refractivity contribution >= 4 is 11.1 Å². The van der Waals surface area contributed by atoms with Crippen molar-refractivity contribution in [3.05, 3.63) is 60.0 Å². The minimum absolute atomic E-state index is 0.00745. The maximum atomic E-state index is 9.07. The molecule has 0 atom stereocenters. The number of para-hydroxylation sites is 1. The van der Waals surface area contributed by atoms with Gasteiger partial charge in [-0.1, -0.05) is 24.3 Å². The molecule has 0 saturated heterocycles. The molecular weight excluding hydrogens is 242 g/mol. The van der Waals surface area contributed by atoms with Crippen molar-refractivity contribution in [2.45, 2.75) is 13.2 Å². The van der Waals surface area contributed by atoms with Gasteiger partial charge in [-0.15, -0.1) is 0 Å². The van der Waals surface area contributed by atoms with Gasteiger partial charge in [-0.05, 0) is 29.8 Å². The first-order chi connectivity index (χ1) is 9.35. The number of aromatic nitrogens is 1.